The highest BCUT2D eigenvalue weighted by atomic mass is 32.2. The average molecular weight is 372 g/mol. The fourth-order valence-corrected chi connectivity index (χ4v) is 4.77. The second-order valence-corrected chi connectivity index (χ2v) is 9.39. The van der Waals surface area contributed by atoms with E-state index in [4.69, 9.17) is 0 Å². The van der Waals surface area contributed by atoms with Gasteiger partial charge in [0.2, 0.25) is 5.95 Å². The molecule has 0 aliphatic carbocycles. The Balaban J connectivity index is 1.48. The normalized spacial score (nSPS) is 28.1. The van der Waals surface area contributed by atoms with Gasteiger partial charge in [0.25, 0.3) is 0 Å². The lowest BCUT2D eigenvalue weighted by Gasteiger charge is -2.49. The average Bonchev–Trinajstić information content (AvgIpc) is 2.65. The van der Waals surface area contributed by atoms with Crippen molar-refractivity contribution in [2.45, 2.75) is 36.7 Å². The molecule has 1 aromatic carbocycles. The largest absolute Gasteiger partial charge is 0.350 e. The zero-order valence-corrected chi connectivity index (χ0v) is 15.9. The minimum absolute atomic E-state index is 0.316. The number of hydrogen-bond donors (Lipinski definition) is 1. The molecule has 3 saturated heterocycles. The Morgan fingerprint density at radius 1 is 1.04 bits per heavy atom. The summed E-state index contributed by atoms with van der Waals surface area (Å²) in [6, 6.07) is 7.72. The van der Waals surface area contributed by atoms with Crippen molar-refractivity contribution in [2.24, 2.45) is 5.92 Å². The lowest BCUT2D eigenvalue weighted by atomic mass is 9.79. The Hall–Kier alpha value is -1.99. The first-order valence-electron chi connectivity index (χ1n) is 9.05. The summed E-state index contributed by atoms with van der Waals surface area (Å²) in [6.07, 6.45) is 7.27. The lowest BCUT2D eigenvalue weighted by Crippen LogP contribution is -2.59. The van der Waals surface area contributed by atoms with Crippen molar-refractivity contribution in [3.05, 3.63) is 36.7 Å². The first kappa shape index (κ1) is 17.4. The van der Waals surface area contributed by atoms with Gasteiger partial charge in [-0.15, -0.1) is 0 Å². The van der Waals surface area contributed by atoms with Gasteiger partial charge in [-0.2, -0.15) is 0 Å². The van der Waals surface area contributed by atoms with Gasteiger partial charge in [0, 0.05) is 36.3 Å². The molecule has 5 rings (SSSR count). The maximum absolute atomic E-state index is 11.6. The summed E-state index contributed by atoms with van der Waals surface area (Å²) in [6.45, 7) is 4.68. The van der Waals surface area contributed by atoms with Gasteiger partial charge in [0.05, 0.1) is 4.90 Å². The van der Waals surface area contributed by atoms with Crippen molar-refractivity contribution in [2.75, 3.05) is 24.7 Å². The topological polar surface area (TPSA) is 75.2 Å². The summed E-state index contributed by atoms with van der Waals surface area (Å²) in [5.41, 5.74) is 1.78. The van der Waals surface area contributed by atoms with Crippen LogP contribution in [-0.4, -0.2) is 54.7 Å². The molecule has 0 spiro atoms. The van der Waals surface area contributed by atoms with E-state index in [9.17, 15) is 8.42 Å². The maximum atomic E-state index is 11.6. The highest BCUT2D eigenvalue weighted by Gasteiger charge is 2.39. The lowest BCUT2D eigenvalue weighted by molar-refractivity contribution is 0.0455. The van der Waals surface area contributed by atoms with Crippen LogP contribution in [0.15, 0.2) is 41.6 Å². The molecule has 1 N–H and O–H groups in total. The summed E-state index contributed by atoms with van der Waals surface area (Å²) in [5.74, 6) is 1.36. The number of piperidine rings is 3. The summed E-state index contributed by atoms with van der Waals surface area (Å²) in [7, 11) is -3.18. The fourth-order valence-electron chi connectivity index (χ4n) is 4.14. The zero-order chi connectivity index (χ0) is 18.3. The van der Waals surface area contributed by atoms with E-state index in [1.807, 2.05) is 0 Å². The van der Waals surface area contributed by atoms with Crippen LogP contribution in [0.25, 0.3) is 11.1 Å². The fraction of sp³-hybridized carbons (Fsp3) is 0.474. The zero-order valence-electron chi connectivity index (χ0n) is 15.1. The monoisotopic (exact) mass is 372 g/mol. The number of aromatic nitrogens is 2. The molecule has 26 heavy (non-hydrogen) atoms. The molecule has 138 valence electrons. The molecule has 3 fully saturated rings. The molecule has 0 saturated carbocycles. The van der Waals surface area contributed by atoms with Crippen LogP contribution < -0.4 is 5.32 Å². The van der Waals surface area contributed by atoms with Crippen molar-refractivity contribution in [3.8, 4) is 11.1 Å². The van der Waals surface area contributed by atoms with E-state index >= 15 is 0 Å². The number of anilines is 1. The van der Waals surface area contributed by atoms with Crippen molar-refractivity contribution < 1.29 is 8.42 Å². The molecule has 2 bridgehead atoms. The molecular weight excluding hydrogens is 348 g/mol. The van der Waals surface area contributed by atoms with Crippen LogP contribution in [0.1, 0.15) is 19.8 Å². The summed E-state index contributed by atoms with van der Waals surface area (Å²) in [4.78, 5) is 11.8. The van der Waals surface area contributed by atoms with Crippen LogP contribution in [0.4, 0.5) is 5.95 Å². The van der Waals surface area contributed by atoms with Gasteiger partial charge < -0.3 is 5.32 Å². The van der Waals surface area contributed by atoms with Gasteiger partial charge in [-0.3, -0.25) is 4.90 Å². The van der Waals surface area contributed by atoms with E-state index in [2.05, 4.69) is 27.1 Å². The molecule has 3 aliphatic heterocycles. The van der Waals surface area contributed by atoms with Gasteiger partial charge in [-0.25, -0.2) is 18.4 Å². The third-order valence-electron chi connectivity index (χ3n) is 5.74. The third-order valence-corrected chi connectivity index (χ3v) is 6.87. The number of nitrogens with one attached hydrogen (secondary N) is 1. The molecular formula is C19H24N4O2S. The van der Waals surface area contributed by atoms with Gasteiger partial charge in [-0.05, 0) is 56.5 Å². The Morgan fingerprint density at radius 3 is 2.19 bits per heavy atom. The molecule has 2 atom stereocenters. The number of hydrogen-bond acceptors (Lipinski definition) is 6. The second-order valence-electron chi connectivity index (χ2n) is 7.38. The Morgan fingerprint density at radius 2 is 1.65 bits per heavy atom. The Kier molecular flexibility index (Phi) is 4.44. The van der Waals surface area contributed by atoms with Gasteiger partial charge in [0.1, 0.15) is 0 Å². The van der Waals surface area contributed by atoms with Crippen LogP contribution in [0.5, 0.6) is 0 Å². The molecule has 4 heterocycles. The minimum Gasteiger partial charge on any atom is -0.350 e. The molecule has 3 aliphatic rings. The van der Waals surface area contributed by atoms with Crippen molar-refractivity contribution in [1.82, 2.24) is 14.9 Å². The summed E-state index contributed by atoms with van der Waals surface area (Å²) in [5, 5.41) is 3.53. The first-order chi connectivity index (χ1) is 12.4. The van der Waals surface area contributed by atoms with Crippen molar-refractivity contribution in [1.29, 1.82) is 0 Å². The smallest absolute Gasteiger partial charge is 0.222 e. The van der Waals surface area contributed by atoms with E-state index in [-0.39, 0.29) is 0 Å². The van der Waals surface area contributed by atoms with Crippen LogP contribution in [0, 0.1) is 5.92 Å². The molecule has 2 aromatic rings. The van der Waals surface area contributed by atoms with Crippen LogP contribution >= 0.6 is 0 Å². The third kappa shape index (κ3) is 3.33. The van der Waals surface area contributed by atoms with Crippen LogP contribution in [0.3, 0.4) is 0 Å². The summed E-state index contributed by atoms with van der Waals surface area (Å²) >= 11 is 0. The van der Waals surface area contributed by atoms with Gasteiger partial charge >= 0.3 is 0 Å². The number of sulfone groups is 1. The quantitative estimate of drug-likeness (QED) is 0.888. The Labute approximate surface area is 154 Å². The van der Waals surface area contributed by atoms with E-state index in [1.54, 1.807) is 36.7 Å². The molecule has 0 amide bonds. The summed E-state index contributed by atoms with van der Waals surface area (Å²) < 4.78 is 23.1. The van der Waals surface area contributed by atoms with Crippen molar-refractivity contribution >= 4 is 15.8 Å². The molecule has 6 nitrogen and oxygen atoms in total. The predicted octanol–water partition coefficient (Wildman–Crippen LogP) is 2.44. The standard InChI is InChI=1S/C19H24N4O2S/c1-13-18(15-7-9-23(13)10-8-15)22-19-20-11-16(12-21-19)14-3-5-17(6-4-14)26(2,24)25/h3-6,11-13,15,18H,7-10H2,1-2H3,(H,20,21,22)/t13-,18-/m1/s1. The molecule has 0 unspecified atom stereocenters. The predicted molar refractivity (Wildman–Crippen MR) is 102 cm³/mol. The van der Waals surface area contributed by atoms with Crippen molar-refractivity contribution in [3.63, 3.8) is 0 Å². The Bertz CT molecular complexity index is 871. The second kappa shape index (κ2) is 6.63. The van der Waals surface area contributed by atoms with E-state index in [1.165, 1.54) is 32.2 Å². The van der Waals surface area contributed by atoms with Gasteiger partial charge in [0.15, 0.2) is 9.84 Å². The maximum Gasteiger partial charge on any atom is 0.222 e. The van der Waals surface area contributed by atoms with E-state index in [0.717, 1.165) is 11.1 Å². The number of rotatable bonds is 4. The van der Waals surface area contributed by atoms with E-state index < -0.39 is 9.84 Å². The molecule has 1 aromatic heterocycles. The van der Waals surface area contributed by atoms with Gasteiger partial charge in [-0.1, -0.05) is 12.1 Å². The number of benzene rings is 1. The highest BCUT2D eigenvalue weighted by molar-refractivity contribution is 7.90. The van der Waals surface area contributed by atoms with Crippen LogP contribution in [0.2, 0.25) is 0 Å². The molecule has 7 heteroatoms. The number of fused-ring (bicyclic) bond motifs is 3. The minimum atomic E-state index is -3.18. The number of nitrogens with zero attached hydrogens (tertiary/aromatic N) is 3. The SMILES string of the molecule is C[C@@H]1[C@@H](Nc2ncc(-c3ccc(S(C)(=O)=O)cc3)cn2)C2CCN1CC2. The van der Waals surface area contributed by atoms with Crippen LogP contribution in [-0.2, 0) is 9.84 Å². The first-order valence-corrected chi connectivity index (χ1v) is 10.9. The molecule has 0 radical (unpaired) electrons. The van der Waals surface area contributed by atoms with E-state index in [0.29, 0.717) is 28.8 Å². The highest BCUT2D eigenvalue weighted by Crippen LogP contribution is 2.33.